The molecule has 0 heterocycles. The van der Waals surface area contributed by atoms with Crippen LogP contribution in [0.2, 0.25) is 0 Å². The third-order valence-corrected chi connectivity index (χ3v) is 1.96. The van der Waals surface area contributed by atoms with Crippen molar-refractivity contribution in [2.75, 3.05) is 6.54 Å². The Balaban J connectivity index is 4.44. The van der Waals surface area contributed by atoms with Crippen LogP contribution in [0.4, 0.5) is 0 Å². The van der Waals surface area contributed by atoms with Crippen LogP contribution in [0, 0.1) is 5.41 Å². The van der Waals surface area contributed by atoms with Crippen LogP contribution in [0.5, 0.6) is 0 Å². The molecular weight excluding hydrogens is 192 g/mol. The largest absolute Gasteiger partial charge is 0.353 e. The van der Waals surface area contributed by atoms with Crippen LogP contribution in [0.3, 0.4) is 0 Å². The molecule has 0 aromatic heterocycles. The number of carbonyl (C=O) groups excluding carboxylic acids is 2. The fourth-order valence-electron chi connectivity index (χ4n) is 0.932. The molecule has 0 aliphatic carbocycles. The lowest BCUT2D eigenvalue weighted by molar-refractivity contribution is -0.141. The summed E-state index contributed by atoms with van der Waals surface area (Å²) in [5, 5.41) is 5.32. The third kappa shape index (κ3) is 4.14. The molecule has 4 nitrogen and oxygen atoms in total. The van der Waals surface area contributed by atoms with Crippen LogP contribution < -0.4 is 10.6 Å². The maximum absolute atomic E-state index is 11.7. The molecule has 4 heteroatoms. The molecule has 0 rings (SSSR count). The molecular formula is C11H20N2O2. The van der Waals surface area contributed by atoms with Crippen molar-refractivity contribution in [2.24, 2.45) is 5.41 Å². The van der Waals surface area contributed by atoms with E-state index in [1.807, 2.05) is 13.8 Å². The van der Waals surface area contributed by atoms with Gasteiger partial charge in [0.1, 0.15) is 5.41 Å². The molecule has 0 aromatic rings. The molecule has 0 fully saturated rings. The van der Waals surface area contributed by atoms with Gasteiger partial charge in [-0.1, -0.05) is 6.08 Å². The molecule has 0 aliphatic heterocycles. The number of carbonyl (C=O) groups is 2. The van der Waals surface area contributed by atoms with Gasteiger partial charge in [-0.2, -0.15) is 0 Å². The predicted molar refractivity (Wildman–Crippen MR) is 60.3 cm³/mol. The molecule has 0 saturated heterocycles. The van der Waals surface area contributed by atoms with E-state index < -0.39 is 5.41 Å². The van der Waals surface area contributed by atoms with Crippen molar-refractivity contribution in [3.05, 3.63) is 12.7 Å². The van der Waals surface area contributed by atoms with Gasteiger partial charge in [0, 0.05) is 12.6 Å². The van der Waals surface area contributed by atoms with Gasteiger partial charge in [-0.05, 0) is 27.7 Å². The number of rotatable bonds is 5. The van der Waals surface area contributed by atoms with Gasteiger partial charge in [-0.25, -0.2) is 0 Å². The zero-order chi connectivity index (χ0) is 12.1. The highest BCUT2D eigenvalue weighted by atomic mass is 16.2. The molecule has 2 N–H and O–H groups in total. The summed E-state index contributed by atoms with van der Waals surface area (Å²) in [4.78, 5) is 23.3. The third-order valence-electron chi connectivity index (χ3n) is 1.96. The molecule has 0 aromatic carbocycles. The summed E-state index contributed by atoms with van der Waals surface area (Å²) in [6.07, 6.45) is 1.58. The molecule has 0 unspecified atom stereocenters. The highest BCUT2D eigenvalue weighted by molar-refractivity contribution is 6.04. The van der Waals surface area contributed by atoms with E-state index in [2.05, 4.69) is 17.2 Å². The molecule has 0 radical (unpaired) electrons. The topological polar surface area (TPSA) is 58.2 Å². The lowest BCUT2D eigenvalue weighted by Crippen LogP contribution is -2.49. The second-order valence-corrected chi connectivity index (χ2v) is 4.25. The van der Waals surface area contributed by atoms with Crippen molar-refractivity contribution in [3.8, 4) is 0 Å². The van der Waals surface area contributed by atoms with E-state index in [0.717, 1.165) is 0 Å². The average Bonchev–Trinajstić information content (AvgIpc) is 2.12. The van der Waals surface area contributed by atoms with Crippen LogP contribution >= 0.6 is 0 Å². The highest BCUT2D eigenvalue weighted by Crippen LogP contribution is 2.15. The van der Waals surface area contributed by atoms with Crippen LogP contribution in [0.25, 0.3) is 0 Å². The highest BCUT2D eigenvalue weighted by Gasteiger charge is 2.35. The van der Waals surface area contributed by atoms with E-state index in [9.17, 15) is 9.59 Å². The van der Waals surface area contributed by atoms with E-state index in [1.165, 1.54) is 0 Å². The van der Waals surface area contributed by atoms with E-state index in [1.54, 1.807) is 19.9 Å². The Morgan fingerprint density at radius 3 is 2.27 bits per heavy atom. The fraction of sp³-hybridized carbons (Fsp3) is 0.636. The summed E-state index contributed by atoms with van der Waals surface area (Å²) in [7, 11) is 0. The minimum atomic E-state index is -1.05. The van der Waals surface area contributed by atoms with Crippen molar-refractivity contribution >= 4 is 11.8 Å². The number of nitrogens with one attached hydrogen (secondary N) is 2. The van der Waals surface area contributed by atoms with Crippen molar-refractivity contribution < 1.29 is 9.59 Å². The van der Waals surface area contributed by atoms with Gasteiger partial charge in [0.15, 0.2) is 0 Å². The SMILES string of the molecule is C=CCNC(=O)C(C)(C)C(=O)NC(C)C. The summed E-state index contributed by atoms with van der Waals surface area (Å²) in [5.74, 6) is -0.556. The first kappa shape index (κ1) is 13.7. The van der Waals surface area contributed by atoms with Crippen molar-refractivity contribution in [2.45, 2.75) is 33.7 Å². The summed E-state index contributed by atoms with van der Waals surface area (Å²) < 4.78 is 0. The van der Waals surface area contributed by atoms with Gasteiger partial charge in [0.25, 0.3) is 0 Å². The first-order valence-electron chi connectivity index (χ1n) is 5.02. The van der Waals surface area contributed by atoms with Gasteiger partial charge in [0.2, 0.25) is 11.8 Å². The summed E-state index contributed by atoms with van der Waals surface area (Å²) in [6.45, 7) is 10.8. The number of hydrogen-bond donors (Lipinski definition) is 2. The Morgan fingerprint density at radius 2 is 1.87 bits per heavy atom. The Hall–Kier alpha value is -1.32. The first-order valence-corrected chi connectivity index (χ1v) is 5.02. The molecule has 0 bridgehead atoms. The quantitative estimate of drug-likeness (QED) is 0.524. The van der Waals surface area contributed by atoms with Crippen molar-refractivity contribution in [3.63, 3.8) is 0 Å². The summed E-state index contributed by atoms with van der Waals surface area (Å²) in [5.41, 5.74) is -1.05. The van der Waals surface area contributed by atoms with E-state index in [0.29, 0.717) is 6.54 Å². The zero-order valence-electron chi connectivity index (χ0n) is 9.89. The number of amides is 2. The fourth-order valence-corrected chi connectivity index (χ4v) is 0.932. The van der Waals surface area contributed by atoms with Crippen LogP contribution in [0.1, 0.15) is 27.7 Å². The average molecular weight is 212 g/mol. The minimum absolute atomic E-state index is 0.0315. The van der Waals surface area contributed by atoms with E-state index in [4.69, 9.17) is 0 Å². The monoisotopic (exact) mass is 212 g/mol. The maximum atomic E-state index is 11.7. The molecule has 15 heavy (non-hydrogen) atoms. The molecule has 0 saturated carbocycles. The second kappa shape index (κ2) is 5.53. The van der Waals surface area contributed by atoms with Crippen LogP contribution in [0.15, 0.2) is 12.7 Å². The van der Waals surface area contributed by atoms with E-state index in [-0.39, 0.29) is 17.9 Å². The summed E-state index contributed by atoms with van der Waals surface area (Å²) in [6, 6.07) is 0.0315. The standard InChI is InChI=1S/C11H20N2O2/c1-6-7-12-9(14)11(4,5)10(15)13-8(2)3/h6,8H,1,7H2,2-5H3,(H,12,14)(H,13,15). The Morgan fingerprint density at radius 1 is 1.33 bits per heavy atom. The van der Waals surface area contributed by atoms with Gasteiger partial charge in [-0.3, -0.25) is 9.59 Å². The molecule has 86 valence electrons. The van der Waals surface area contributed by atoms with E-state index >= 15 is 0 Å². The van der Waals surface area contributed by atoms with Crippen LogP contribution in [-0.4, -0.2) is 24.4 Å². The maximum Gasteiger partial charge on any atom is 0.235 e. The lowest BCUT2D eigenvalue weighted by Gasteiger charge is -2.23. The zero-order valence-corrected chi connectivity index (χ0v) is 9.89. The van der Waals surface area contributed by atoms with Gasteiger partial charge >= 0.3 is 0 Å². The predicted octanol–water partition coefficient (Wildman–Crippen LogP) is 0.839. The molecule has 0 aliphatic rings. The van der Waals surface area contributed by atoms with Crippen molar-refractivity contribution in [1.29, 1.82) is 0 Å². The minimum Gasteiger partial charge on any atom is -0.353 e. The van der Waals surface area contributed by atoms with Gasteiger partial charge in [0.05, 0.1) is 0 Å². The molecule has 2 amide bonds. The Kier molecular flexibility index (Phi) is 5.05. The summed E-state index contributed by atoms with van der Waals surface area (Å²) >= 11 is 0. The van der Waals surface area contributed by atoms with Gasteiger partial charge in [-0.15, -0.1) is 6.58 Å². The number of hydrogen-bond acceptors (Lipinski definition) is 2. The smallest absolute Gasteiger partial charge is 0.235 e. The molecule has 0 spiro atoms. The molecule has 0 atom stereocenters. The first-order chi connectivity index (χ1) is 6.82. The Labute approximate surface area is 91.1 Å². The van der Waals surface area contributed by atoms with Crippen LogP contribution in [-0.2, 0) is 9.59 Å². The normalized spacial score (nSPS) is 11.0. The Bertz CT molecular complexity index is 257. The van der Waals surface area contributed by atoms with Crippen molar-refractivity contribution in [1.82, 2.24) is 10.6 Å². The lowest BCUT2D eigenvalue weighted by atomic mass is 9.91. The van der Waals surface area contributed by atoms with Gasteiger partial charge < -0.3 is 10.6 Å². The second-order valence-electron chi connectivity index (χ2n) is 4.25.